The summed E-state index contributed by atoms with van der Waals surface area (Å²) >= 11 is 0. The number of nitrogens with zero attached hydrogens (tertiary/aromatic N) is 1. The van der Waals surface area contributed by atoms with E-state index in [-0.39, 0.29) is 17.7 Å². The molecule has 2 amide bonds. The van der Waals surface area contributed by atoms with Gasteiger partial charge in [-0.05, 0) is 17.9 Å². The minimum atomic E-state index is -0.175. The molecular formula is C15H14N2O2. The number of pyridine rings is 1. The molecule has 19 heavy (non-hydrogen) atoms. The van der Waals surface area contributed by atoms with Crippen molar-refractivity contribution in [3.63, 3.8) is 0 Å². The minimum absolute atomic E-state index is 0.147. The Labute approximate surface area is 110 Å². The molecule has 0 spiro atoms. The molecule has 4 nitrogen and oxygen atoms in total. The van der Waals surface area contributed by atoms with E-state index in [1.807, 2.05) is 36.5 Å². The number of fused-ring (bicyclic) bond motifs is 1. The molecule has 0 radical (unpaired) electrons. The number of imide groups is 1. The van der Waals surface area contributed by atoms with E-state index in [2.05, 4.69) is 10.3 Å². The number of piperidine rings is 1. The summed E-state index contributed by atoms with van der Waals surface area (Å²) in [5.41, 5.74) is 0.896. The van der Waals surface area contributed by atoms with Crippen LogP contribution in [0.3, 0.4) is 0 Å². The molecule has 1 unspecified atom stereocenters. The third kappa shape index (κ3) is 2.47. The van der Waals surface area contributed by atoms with Crippen LogP contribution in [0.25, 0.3) is 10.8 Å². The number of hydrogen-bond donors (Lipinski definition) is 1. The highest BCUT2D eigenvalue weighted by atomic mass is 16.2. The first-order valence-electron chi connectivity index (χ1n) is 6.40. The number of nitrogens with one attached hydrogen (secondary N) is 1. The lowest BCUT2D eigenvalue weighted by Crippen LogP contribution is -2.41. The number of benzene rings is 1. The zero-order valence-electron chi connectivity index (χ0n) is 10.4. The van der Waals surface area contributed by atoms with E-state index in [9.17, 15) is 9.59 Å². The lowest BCUT2D eigenvalue weighted by Gasteiger charge is -2.20. The average molecular weight is 254 g/mol. The van der Waals surface area contributed by atoms with Crippen LogP contribution in [0.1, 0.15) is 18.5 Å². The maximum absolute atomic E-state index is 11.7. The summed E-state index contributed by atoms with van der Waals surface area (Å²) in [6.07, 6.45) is 3.45. The van der Waals surface area contributed by atoms with Crippen molar-refractivity contribution < 1.29 is 9.59 Å². The largest absolute Gasteiger partial charge is 0.296 e. The molecule has 2 heterocycles. The van der Waals surface area contributed by atoms with Gasteiger partial charge in [-0.2, -0.15) is 0 Å². The maximum Gasteiger partial charge on any atom is 0.230 e. The monoisotopic (exact) mass is 254 g/mol. The molecule has 2 aromatic rings. The second kappa shape index (κ2) is 4.80. The third-order valence-corrected chi connectivity index (χ3v) is 3.50. The molecule has 0 saturated carbocycles. The van der Waals surface area contributed by atoms with E-state index >= 15 is 0 Å². The number of amides is 2. The van der Waals surface area contributed by atoms with Crippen molar-refractivity contribution in [1.82, 2.24) is 10.3 Å². The Hall–Kier alpha value is -2.23. The predicted molar refractivity (Wildman–Crippen MR) is 71.3 cm³/mol. The summed E-state index contributed by atoms with van der Waals surface area (Å²) < 4.78 is 0. The van der Waals surface area contributed by atoms with Crippen LogP contribution in [0, 0.1) is 5.92 Å². The van der Waals surface area contributed by atoms with Gasteiger partial charge in [0.05, 0.1) is 0 Å². The summed E-state index contributed by atoms with van der Waals surface area (Å²) in [5.74, 6) is -0.495. The first kappa shape index (κ1) is 11.8. The Balaban J connectivity index is 1.81. The Morgan fingerprint density at radius 1 is 1.21 bits per heavy atom. The SMILES string of the molecule is O=C1CCC(Cc2cc3ccccc3cn2)C(=O)N1. The molecule has 1 aliphatic heterocycles. The average Bonchev–Trinajstić information content (AvgIpc) is 2.42. The molecule has 1 saturated heterocycles. The fraction of sp³-hybridized carbons (Fsp3) is 0.267. The maximum atomic E-state index is 11.7. The van der Waals surface area contributed by atoms with E-state index in [0.29, 0.717) is 19.3 Å². The fourth-order valence-corrected chi connectivity index (χ4v) is 2.43. The summed E-state index contributed by atoms with van der Waals surface area (Å²) in [4.78, 5) is 27.2. The molecule has 1 aromatic carbocycles. The number of hydrogen-bond acceptors (Lipinski definition) is 3. The summed E-state index contributed by atoms with van der Waals surface area (Å²) in [5, 5.41) is 4.60. The lowest BCUT2D eigenvalue weighted by molar-refractivity contribution is -0.136. The van der Waals surface area contributed by atoms with Crippen molar-refractivity contribution >= 4 is 22.6 Å². The predicted octanol–water partition coefficient (Wildman–Crippen LogP) is 1.83. The van der Waals surface area contributed by atoms with Gasteiger partial charge < -0.3 is 0 Å². The molecule has 0 aliphatic carbocycles. The molecule has 4 heteroatoms. The highest BCUT2D eigenvalue weighted by Crippen LogP contribution is 2.19. The van der Waals surface area contributed by atoms with Crippen molar-refractivity contribution in [3.05, 3.63) is 42.2 Å². The van der Waals surface area contributed by atoms with Crippen molar-refractivity contribution in [1.29, 1.82) is 0 Å². The van der Waals surface area contributed by atoms with E-state index < -0.39 is 0 Å². The molecule has 1 N–H and O–H groups in total. The normalized spacial score (nSPS) is 19.5. The number of carbonyl (C=O) groups excluding carboxylic acids is 2. The van der Waals surface area contributed by atoms with E-state index in [1.54, 1.807) is 0 Å². The minimum Gasteiger partial charge on any atom is -0.296 e. The van der Waals surface area contributed by atoms with Gasteiger partial charge in [0.2, 0.25) is 11.8 Å². The molecule has 1 atom stereocenters. The van der Waals surface area contributed by atoms with Gasteiger partial charge in [-0.3, -0.25) is 19.9 Å². The number of aromatic nitrogens is 1. The molecule has 0 bridgehead atoms. The Morgan fingerprint density at radius 3 is 2.79 bits per heavy atom. The Kier molecular flexibility index (Phi) is 2.99. The van der Waals surface area contributed by atoms with Crippen LogP contribution >= 0.6 is 0 Å². The van der Waals surface area contributed by atoms with Crippen molar-refractivity contribution in [2.45, 2.75) is 19.3 Å². The first-order valence-corrected chi connectivity index (χ1v) is 6.40. The highest BCUT2D eigenvalue weighted by molar-refractivity contribution is 5.98. The van der Waals surface area contributed by atoms with Gasteiger partial charge >= 0.3 is 0 Å². The van der Waals surface area contributed by atoms with Crippen LogP contribution in [0.15, 0.2) is 36.5 Å². The number of carbonyl (C=O) groups is 2. The Bertz CT molecular complexity index is 651. The van der Waals surface area contributed by atoms with Crippen molar-refractivity contribution in [2.24, 2.45) is 5.92 Å². The topological polar surface area (TPSA) is 59.1 Å². The van der Waals surface area contributed by atoms with Gasteiger partial charge in [0, 0.05) is 36.0 Å². The standard InChI is InChI=1S/C15H14N2O2/c18-14-6-5-11(15(19)17-14)8-13-7-10-3-1-2-4-12(10)9-16-13/h1-4,7,9,11H,5-6,8H2,(H,17,18,19). The van der Waals surface area contributed by atoms with Gasteiger partial charge in [0.1, 0.15) is 0 Å². The van der Waals surface area contributed by atoms with Crippen LogP contribution < -0.4 is 5.32 Å². The summed E-state index contributed by atoms with van der Waals surface area (Å²) in [7, 11) is 0. The van der Waals surface area contributed by atoms with Crippen LogP contribution in [0.2, 0.25) is 0 Å². The summed E-state index contributed by atoms with van der Waals surface area (Å²) in [6.45, 7) is 0. The molecule has 3 rings (SSSR count). The van der Waals surface area contributed by atoms with Gasteiger partial charge in [-0.1, -0.05) is 24.3 Å². The lowest BCUT2D eigenvalue weighted by atomic mass is 9.93. The molecule has 1 fully saturated rings. The van der Waals surface area contributed by atoms with Gasteiger partial charge in [0.25, 0.3) is 0 Å². The Morgan fingerprint density at radius 2 is 2.00 bits per heavy atom. The van der Waals surface area contributed by atoms with Crippen LogP contribution in [0.4, 0.5) is 0 Å². The molecular weight excluding hydrogens is 240 g/mol. The quantitative estimate of drug-likeness (QED) is 0.832. The second-order valence-corrected chi connectivity index (χ2v) is 4.87. The fourth-order valence-electron chi connectivity index (χ4n) is 2.43. The first-order chi connectivity index (χ1) is 9.22. The van der Waals surface area contributed by atoms with E-state index in [1.165, 1.54) is 0 Å². The molecule has 96 valence electrons. The van der Waals surface area contributed by atoms with Crippen LogP contribution in [-0.2, 0) is 16.0 Å². The van der Waals surface area contributed by atoms with Crippen LogP contribution in [0.5, 0.6) is 0 Å². The second-order valence-electron chi connectivity index (χ2n) is 4.87. The van der Waals surface area contributed by atoms with Gasteiger partial charge in [-0.25, -0.2) is 0 Å². The molecule has 1 aromatic heterocycles. The third-order valence-electron chi connectivity index (χ3n) is 3.50. The summed E-state index contributed by atoms with van der Waals surface area (Å²) in [6, 6.07) is 10.0. The van der Waals surface area contributed by atoms with Gasteiger partial charge in [-0.15, -0.1) is 0 Å². The smallest absolute Gasteiger partial charge is 0.230 e. The van der Waals surface area contributed by atoms with Crippen LogP contribution in [-0.4, -0.2) is 16.8 Å². The van der Waals surface area contributed by atoms with E-state index in [4.69, 9.17) is 0 Å². The van der Waals surface area contributed by atoms with Crippen molar-refractivity contribution in [2.75, 3.05) is 0 Å². The zero-order valence-corrected chi connectivity index (χ0v) is 10.4. The molecule has 1 aliphatic rings. The van der Waals surface area contributed by atoms with E-state index in [0.717, 1.165) is 16.5 Å². The highest BCUT2D eigenvalue weighted by Gasteiger charge is 2.26. The van der Waals surface area contributed by atoms with Gasteiger partial charge in [0.15, 0.2) is 0 Å². The zero-order chi connectivity index (χ0) is 13.2. The number of rotatable bonds is 2. The van der Waals surface area contributed by atoms with Crippen molar-refractivity contribution in [3.8, 4) is 0 Å².